The van der Waals surface area contributed by atoms with Crippen LogP contribution < -0.4 is 5.32 Å². The number of nitrogens with one attached hydrogen (secondary N) is 1. The van der Waals surface area contributed by atoms with Gasteiger partial charge in [0.1, 0.15) is 0 Å². The van der Waals surface area contributed by atoms with Crippen LogP contribution in [0.4, 0.5) is 8.78 Å². The van der Waals surface area contributed by atoms with Crippen LogP contribution in [0.25, 0.3) is 5.69 Å². The molecule has 1 aliphatic heterocycles. The molecule has 2 heterocycles. The van der Waals surface area contributed by atoms with Crippen molar-refractivity contribution in [1.29, 1.82) is 0 Å². The van der Waals surface area contributed by atoms with E-state index in [2.05, 4.69) is 10.4 Å². The van der Waals surface area contributed by atoms with Crippen molar-refractivity contribution in [2.24, 2.45) is 0 Å². The molecule has 1 aromatic carbocycles. The highest BCUT2D eigenvalue weighted by Crippen LogP contribution is 2.28. The number of benzene rings is 1. The molecular weight excluding hydrogens is 344 g/mol. The second-order valence-corrected chi connectivity index (χ2v) is 6.42. The number of nitrogens with zero attached hydrogens (tertiary/aromatic N) is 2. The fourth-order valence-electron chi connectivity index (χ4n) is 3.39. The molecule has 2 aromatic rings. The number of carbonyl (C=O) groups is 1. The van der Waals surface area contributed by atoms with E-state index in [1.54, 1.807) is 4.68 Å². The van der Waals surface area contributed by atoms with Gasteiger partial charge in [-0.25, -0.2) is 13.5 Å². The molecule has 0 spiro atoms. The lowest BCUT2D eigenvalue weighted by Gasteiger charge is -2.22. The van der Waals surface area contributed by atoms with E-state index in [0.717, 1.165) is 42.7 Å². The van der Waals surface area contributed by atoms with Crippen LogP contribution in [-0.2, 0) is 22.3 Å². The molecule has 138 valence electrons. The molecule has 2 aliphatic rings. The smallest absolute Gasteiger partial charge is 0.272 e. The average Bonchev–Trinajstić information content (AvgIpc) is 3.25. The highest BCUT2D eigenvalue weighted by molar-refractivity contribution is 5.94. The quantitative estimate of drug-likeness (QED) is 0.900. The molecule has 0 saturated carbocycles. The van der Waals surface area contributed by atoms with Gasteiger partial charge in [0.2, 0.25) is 0 Å². The molecule has 1 amide bonds. The maximum atomic E-state index is 13.6. The van der Waals surface area contributed by atoms with Gasteiger partial charge in [-0.05, 0) is 31.4 Å². The number of rotatable bonds is 4. The van der Waals surface area contributed by atoms with E-state index in [0.29, 0.717) is 37.7 Å². The van der Waals surface area contributed by atoms with Crippen LogP contribution in [0.3, 0.4) is 0 Å². The highest BCUT2D eigenvalue weighted by Gasteiger charge is 2.27. The first kappa shape index (κ1) is 17.1. The summed E-state index contributed by atoms with van der Waals surface area (Å²) >= 11 is 0. The second kappa shape index (κ2) is 7.13. The van der Waals surface area contributed by atoms with Crippen LogP contribution >= 0.6 is 0 Å². The van der Waals surface area contributed by atoms with Gasteiger partial charge in [-0.3, -0.25) is 4.79 Å². The number of halogens is 2. The molecule has 26 heavy (non-hydrogen) atoms. The van der Waals surface area contributed by atoms with Crippen molar-refractivity contribution in [3.8, 4) is 5.69 Å². The summed E-state index contributed by atoms with van der Waals surface area (Å²) < 4.78 is 39.2. The third kappa shape index (κ3) is 3.22. The Morgan fingerprint density at radius 3 is 2.92 bits per heavy atom. The standard InChI is InChI=1S/C18H19F2N3O3/c19-14-5-4-11(8-15(14)20)23-16-3-1-2-13(16)17(22-23)18(24)21-9-12-10-25-6-7-26-12/h4-5,8,12H,1-3,6-7,9-10H2,(H,21,24). The summed E-state index contributed by atoms with van der Waals surface area (Å²) in [6.07, 6.45) is 2.21. The minimum atomic E-state index is -0.940. The fourth-order valence-corrected chi connectivity index (χ4v) is 3.39. The summed E-state index contributed by atoms with van der Waals surface area (Å²) in [4.78, 5) is 12.6. The second-order valence-electron chi connectivity index (χ2n) is 6.42. The van der Waals surface area contributed by atoms with Crippen LogP contribution in [0.2, 0.25) is 0 Å². The molecule has 1 aromatic heterocycles. The predicted molar refractivity (Wildman–Crippen MR) is 88.4 cm³/mol. The highest BCUT2D eigenvalue weighted by atomic mass is 19.2. The minimum Gasteiger partial charge on any atom is -0.376 e. The number of carbonyl (C=O) groups excluding carboxylic acids is 1. The Balaban J connectivity index is 1.57. The number of aromatic nitrogens is 2. The molecule has 0 radical (unpaired) electrons. The summed E-state index contributed by atoms with van der Waals surface area (Å²) in [5.41, 5.74) is 2.48. The largest absolute Gasteiger partial charge is 0.376 e. The van der Waals surface area contributed by atoms with E-state index in [4.69, 9.17) is 9.47 Å². The van der Waals surface area contributed by atoms with Crippen molar-refractivity contribution in [3.05, 3.63) is 46.8 Å². The normalized spacial score (nSPS) is 19.4. The van der Waals surface area contributed by atoms with Crippen molar-refractivity contribution < 1.29 is 23.0 Å². The van der Waals surface area contributed by atoms with Gasteiger partial charge in [0.15, 0.2) is 17.3 Å². The minimum absolute atomic E-state index is 0.172. The summed E-state index contributed by atoms with van der Waals surface area (Å²) in [6, 6.07) is 3.61. The number of ether oxygens (including phenoxy) is 2. The SMILES string of the molecule is O=C(NCC1COCCO1)c1nn(-c2ccc(F)c(F)c2)c2c1CCC2. The predicted octanol–water partition coefficient (Wildman–Crippen LogP) is 1.78. The third-order valence-corrected chi connectivity index (χ3v) is 4.67. The summed E-state index contributed by atoms with van der Waals surface area (Å²) in [5.74, 6) is -2.14. The Labute approximate surface area is 149 Å². The molecule has 4 rings (SSSR count). The number of hydrogen-bond acceptors (Lipinski definition) is 4. The Bertz CT molecular complexity index is 831. The Kier molecular flexibility index (Phi) is 4.69. The number of amides is 1. The number of fused-ring (bicyclic) bond motifs is 1. The molecule has 1 unspecified atom stereocenters. The van der Waals surface area contributed by atoms with Gasteiger partial charge < -0.3 is 14.8 Å². The average molecular weight is 363 g/mol. The zero-order valence-corrected chi connectivity index (χ0v) is 14.1. The first-order valence-electron chi connectivity index (χ1n) is 8.67. The first-order valence-corrected chi connectivity index (χ1v) is 8.67. The topological polar surface area (TPSA) is 65.4 Å². The van der Waals surface area contributed by atoms with Crippen molar-refractivity contribution in [3.63, 3.8) is 0 Å². The van der Waals surface area contributed by atoms with E-state index in [-0.39, 0.29) is 12.0 Å². The van der Waals surface area contributed by atoms with Gasteiger partial charge >= 0.3 is 0 Å². The van der Waals surface area contributed by atoms with E-state index in [9.17, 15) is 13.6 Å². The van der Waals surface area contributed by atoms with Crippen molar-refractivity contribution in [2.75, 3.05) is 26.4 Å². The van der Waals surface area contributed by atoms with Gasteiger partial charge in [0.05, 0.1) is 31.6 Å². The van der Waals surface area contributed by atoms with Crippen molar-refractivity contribution in [2.45, 2.75) is 25.4 Å². The first-order chi connectivity index (χ1) is 12.6. The molecule has 8 heteroatoms. The lowest BCUT2D eigenvalue weighted by molar-refractivity contribution is -0.0855. The van der Waals surface area contributed by atoms with Crippen LogP contribution in [-0.4, -0.2) is 48.2 Å². The van der Waals surface area contributed by atoms with Crippen molar-refractivity contribution >= 4 is 5.91 Å². The molecule has 1 fully saturated rings. The van der Waals surface area contributed by atoms with Crippen LogP contribution in [0.1, 0.15) is 28.2 Å². The molecule has 1 atom stereocenters. The third-order valence-electron chi connectivity index (χ3n) is 4.67. The van der Waals surface area contributed by atoms with Crippen LogP contribution in [0, 0.1) is 11.6 Å². The Morgan fingerprint density at radius 1 is 1.27 bits per heavy atom. The van der Waals surface area contributed by atoms with Gasteiger partial charge in [-0.1, -0.05) is 0 Å². The fraction of sp³-hybridized carbons (Fsp3) is 0.444. The molecular formula is C18H19F2N3O3. The molecule has 0 bridgehead atoms. The number of hydrogen-bond donors (Lipinski definition) is 1. The molecule has 1 aliphatic carbocycles. The zero-order chi connectivity index (χ0) is 18.1. The Hall–Kier alpha value is -2.32. The lowest BCUT2D eigenvalue weighted by Crippen LogP contribution is -2.40. The van der Waals surface area contributed by atoms with Gasteiger partial charge in [-0.15, -0.1) is 0 Å². The Morgan fingerprint density at radius 2 is 2.15 bits per heavy atom. The van der Waals surface area contributed by atoms with E-state index in [1.165, 1.54) is 6.07 Å². The summed E-state index contributed by atoms with van der Waals surface area (Å²) in [5, 5.41) is 7.21. The van der Waals surface area contributed by atoms with Gasteiger partial charge in [0, 0.05) is 23.9 Å². The molecule has 1 saturated heterocycles. The van der Waals surface area contributed by atoms with Gasteiger partial charge in [0.25, 0.3) is 5.91 Å². The summed E-state index contributed by atoms with van der Waals surface area (Å²) in [6.45, 7) is 1.87. The molecule has 1 N–H and O–H groups in total. The molecule has 6 nitrogen and oxygen atoms in total. The van der Waals surface area contributed by atoms with E-state index < -0.39 is 11.6 Å². The van der Waals surface area contributed by atoms with Crippen LogP contribution in [0.5, 0.6) is 0 Å². The van der Waals surface area contributed by atoms with Gasteiger partial charge in [-0.2, -0.15) is 5.10 Å². The lowest BCUT2D eigenvalue weighted by atomic mass is 10.2. The summed E-state index contributed by atoms with van der Waals surface area (Å²) in [7, 11) is 0. The maximum Gasteiger partial charge on any atom is 0.272 e. The monoisotopic (exact) mass is 363 g/mol. The van der Waals surface area contributed by atoms with E-state index >= 15 is 0 Å². The zero-order valence-electron chi connectivity index (χ0n) is 14.1. The van der Waals surface area contributed by atoms with Crippen molar-refractivity contribution in [1.82, 2.24) is 15.1 Å². The maximum absolute atomic E-state index is 13.6. The van der Waals surface area contributed by atoms with E-state index in [1.807, 2.05) is 0 Å². The van der Waals surface area contributed by atoms with Crippen LogP contribution in [0.15, 0.2) is 18.2 Å².